The molecule has 3 heteroatoms. The van der Waals surface area contributed by atoms with Gasteiger partial charge in [0.05, 0.1) is 6.61 Å². The molecule has 0 aromatic heterocycles. The lowest BCUT2D eigenvalue weighted by Gasteiger charge is -2.05. The van der Waals surface area contributed by atoms with Gasteiger partial charge in [-0.1, -0.05) is 46.0 Å². The predicted molar refractivity (Wildman–Crippen MR) is 70.1 cm³/mol. The Morgan fingerprint density at radius 2 is 1.53 bits per heavy atom. The third-order valence-electron chi connectivity index (χ3n) is 2.62. The van der Waals surface area contributed by atoms with Gasteiger partial charge in [-0.05, 0) is 12.8 Å². The Balaban J connectivity index is 3.12. The molecule has 0 unspecified atom stereocenters. The summed E-state index contributed by atoms with van der Waals surface area (Å²) >= 11 is 0. The van der Waals surface area contributed by atoms with Crippen molar-refractivity contribution in [2.24, 2.45) is 0 Å². The van der Waals surface area contributed by atoms with Crippen LogP contribution < -0.4 is 0 Å². The Labute approximate surface area is 106 Å². The smallest absolute Gasteiger partial charge is 0.305 e. The molecule has 0 aliphatic rings. The van der Waals surface area contributed by atoms with Crippen molar-refractivity contribution in [3.63, 3.8) is 0 Å². The second kappa shape index (κ2) is 13.5. The first-order chi connectivity index (χ1) is 8.31. The van der Waals surface area contributed by atoms with Crippen LogP contribution in [0.5, 0.6) is 0 Å². The standard InChI is InChI=1S/C14H28O3/c1-3-5-7-8-9-10-14(15)17-13-12-16-11-6-4-2/h3-13H2,1-2H3. The molecule has 0 saturated carbocycles. The van der Waals surface area contributed by atoms with Gasteiger partial charge in [0.15, 0.2) is 0 Å². The first-order valence-corrected chi connectivity index (χ1v) is 7.04. The summed E-state index contributed by atoms with van der Waals surface area (Å²) < 4.78 is 10.4. The number of hydrogen-bond acceptors (Lipinski definition) is 3. The molecule has 0 aromatic carbocycles. The fourth-order valence-corrected chi connectivity index (χ4v) is 1.51. The number of carbonyl (C=O) groups excluding carboxylic acids is 1. The highest BCUT2D eigenvalue weighted by Gasteiger charge is 2.01. The Kier molecular flexibility index (Phi) is 13.0. The predicted octanol–water partition coefficient (Wildman–Crippen LogP) is 3.71. The number of rotatable bonds is 12. The lowest BCUT2D eigenvalue weighted by Crippen LogP contribution is -2.10. The molecule has 0 aliphatic heterocycles. The van der Waals surface area contributed by atoms with Crippen LogP contribution in [0.15, 0.2) is 0 Å². The summed E-state index contributed by atoms with van der Waals surface area (Å²) in [6, 6.07) is 0. The molecule has 0 saturated heterocycles. The minimum atomic E-state index is -0.0828. The van der Waals surface area contributed by atoms with Crippen LogP contribution in [-0.2, 0) is 14.3 Å². The van der Waals surface area contributed by atoms with Crippen molar-refractivity contribution in [2.45, 2.75) is 65.2 Å². The van der Waals surface area contributed by atoms with Crippen LogP contribution in [0.2, 0.25) is 0 Å². The number of ether oxygens (including phenoxy) is 2. The van der Waals surface area contributed by atoms with Gasteiger partial charge in [-0.15, -0.1) is 0 Å². The van der Waals surface area contributed by atoms with Gasteiger partial charge in [-0.2, -0.15) is 0 Å². The van der Waals surface area contributed by atoms with Crippen molar-refractivity contribution < 1.29 is 14.3 Å². The van der Waals surface area contributed by atoms with Gasteiger partial charge in [0.1, 0.15) is 6.61 Å². The molecule has 17 heavy (non-hydrogen) atoms. The summed E-state index contributed by atoms with van der Waals surface area (Å²) in [5.41, 5.74) is 0. The molecule has 0 radical (unpaired) electrons. The van der Waals surface area contributed by atoms with Crippen LogP contribution in [0.4, 0.5) is 0 Å². The zero-order valence-electron chi connectivity index (χ0n) is 11.5. The molecule has 0 atom stereocenters. The molecule has 102 valence electrons. The van der Waals surface area contributed by atoms with Crippen LogP contribution in [0.3, 0.4) is 0 Å². The fourth-order valence-electron chi connectivity index (χ4n) is 1.51. The van der Waals surface area contributed by atoms with Crippen molar-refractivity contribution in [1.29, 1.82) is 0 Å². The van der Waals surface area contributed by atoms with E-state index < -0.39 is 0 Å². The topological polar surface area (TPSA) is 35.5 Å². The SMILES string of the molecule is CCCCCCCC(=O)OCCOCCCC. The van der Waals surface area contributed by atoms with Crippen molar-refractivity contribution in [3.05, 3.63) is 0 Å². The van der Waals surface area contributed by atoms with E-state index in [2.05, 4.69) is 13.8 Å². The van der Waals surface area contributed by atoms with Crippen LogP contribution in [0.1, 0.15) is 65.2 Å². The average Bonchev–Trinajstić information content (AvgIpc) is 2.33. The summed E-state index contributed by atoms with van der Waals surface area (Å²) in [5, 5.41) is 0. The van der Waals surface area contributed by atoms with Gasteiger partial charge in [0.2, 0.25) is 0 Å². The van der Waals surface area contributed by atoms with Crippen LogP contribution in [0.25, 0.3) is 0 Å². The van der Waals surface area contributed by atoms with E-state index in [4.69, 9.17) is 9.47 Å². The molecule has 0 heterocycles. The van der Waals surface area contributed by atoms with Crippen molar-refractivity contribution in [2.75, 3.05) is 19.8 Å². The molecule has 3 nitrogen and oxygen atoms in total. The van der Waals surface area contributed by atoms with Crippen LogP contribution in [0, 0.1) is 0 Å². The molecular weight excluding hydrogens is 216 g/mol. The lowest BCUT2D eigenvalue weighted by atomic mass is 10.1. The third kappa shape index (κ3) is 13.4. The van der Waals surface area contributed by atoms with Crippen LogP contribution in [-0.4, -0.2) is 25.8 Å². The molecule has 0 rings (SSSR count). The second-order valence-electron chi connectivity index (χ2n) is 4.35. The quantitative estimate of drug-likeness (QED) is 0.388. The third-order valence-corrected chi connectivity index (χ3v) is 2.62. The summed E-state index contributed by atoms with van der Waals surface area (Å²) in [5.74, 6) is -0.0828. The molecule has 0 N–H and O–H groups in total. The molecule has 0 amide bonds. The molecule has 0 aromatic rings. The Hall–Kier alpha value is -0.570. The van der Waals surface area contributed by atoms with Gasteiger partial charge in [0, 0.05) is 13.0 Å². The largest absolute Gasteiger partial charge is 0.463 e. The number of carbonyl (C=O) groups is 1. The maximum Gasteiger partial charge on any atom is 0.305 e. The molecular formula is C14H28O3. The Morgan fingerprint density at radius 3 is 2.24 bits per heavy atom. The first kappa shape index (κ1) is 16.4. The highest BCUT2D eigenvalue weighted by molar-refractivity contribution is 5.69. The van der Waals surface area contributed by atoms with Gasteiger partial charge >= 0.3 is 5.97 Å². The number of unbranched alkanes of at least 4 members (excludes halogenated alkanes) is 5. The normalized spacial score (nSPS) is 10.5. The van der Waals surface area contributed by atoms with Gasteiger partial charge in [-0.3, -0.25) is 4.79 Å². The van der Waals surface area contributed by atoms with E-state index in [1.165, 1.54) is 19.3 Å². The maximum atomic E-state index is 11.3. The zero-order valence-corrected chi connectivity index (χ0v) is 11.5. The minimum absolute atomic E-state index is 0.0828. The van der Waals surface area contributed by atoms with Gasteiger partial charge in [0.25, 0.3) is 0 Å². The Bertz CT molecular complexity index is 169. The number of esters is 1. The second-order valence-corrected chi connectivity index (χ2v) is 4.35. The zero-order chi connectivity index (χ0) is 12.8. The highest BCUT2D eigenvalue weighted by atomic mass is 16.6. The molecule has 0 bridgehead atoms. The van der Waals surface area contributed by atoms with Crippen molar-refractivity contribution >= 4 is 5.97 Å². The molecule has 0 aliphatic carbocycles. The van der Waals surface area contributed by atoms with E-state index in [0.29, 0.717) is 19.6 Å². The van der Waals surface area contributed by atoms with Crippen LogP contribution >= 0.6 is 0 Å². The summed E-state index contributed by atoms with van der Waals surface area (Å²) in [4.78, 5) is 11.3. The monoisotopic (exact) mass is 244 g/mol. The lowest BCUT2D eigenvalue weighted by molar-refractivity contribution is -0.145. The van der Waals surface area contributed by atoms with Gasteiger partial charge in [-0.25, -0.2) is 0 Å². The van der Waals surface area contributed by atoms with Gasteiger partial charge < -0.3 is 9.47 Å². The van der Waals surface area contributed by atoms with E-state index >= 15 is 0 Å². The van der Waals surface area contributed by atoms with E-state index in [1.807, 2.05) is 0 Å². The van der Waals surface area contributed by atoms with E-state index in [0.717, 1.165) is 32.3 Å². The summed E-state index contributed by atoms with van der Waals surface area (Å²) in [7, 11) is 0. The average molecular weight is 244 g/mol. The van der Waals surface area contributed by atoms with E-state index in [-0.39, 0.29) is 5.97 Å². The minimum Gasteiger partial charge on any atom is -0.463 e. The van der Waals surface area contributed by atoms with Crippen molar-refractivity contribution in [1.82, 2.24) is 0 Å². The first-order valence-electron chi connectivity index (χ1n) is 7.04. The Morgan fingerprint density at radius 1 is 0.824 bits per heavy atom. The van der Waals surface area contributed by atoms with E-state index in [9.17, 15) is 4.79 Å². The maximum absolute atomic E-state index is 11.3. The number of hydrogen-bond donors (Lipinski definition) is 0. The highest BCUT2D eigenvalue weighted by Crippen LogP contribution is 2.05. The van der Waals surface area contributed by atoms with E-state index in [1.54, 1.807) is 0 Å². The van der Waals surface area contributed by atoms with Crippen molar-refractivity contribution in [3.8, 4) is 0 Å². The summed E-state index contributed by atoms with van der Waals surface area (Å²) in [6.07, 6.45) is 8.58. The molecule has 0 fully saturated rings. The molecule has 0 spiro atoms. The summed E-state index contributed by atoms with van der Waals surface area (Å²) in [6.45, 7) is 6.01. The fraction of sp³-hybridized carbons (Fsp3) is 0.929.